The van der Waals surface area contributed by atoms with Crippen molar-refractivity contribution in [3.8, 4) is 0 Å². The maximum atomic E-state index is 13.3. The largest absolute Gasteiger partial charge is 0.307 e. The van der Waals surface area contributed by atoms with E-state index in [1.807, 2.05) is 50.2 Å². The summed E-state index contributed by atoms with van der Waals surface area (Å²) >= 11 is 0. The second kappa shape index (κ2) is 7.74. The number of nitrogens with one attached hydrogen (secondary N) is 1. The predicted molar refractivity (Wildman–Crippen MR) is 114 cm³/mol. The lowest BCUT2D eigenvalue weighted by atomic mass is 9.67. The Morgan fingerprint density at radius 3 is 2.48 bits per heavy atom. The molecule has 3 atom stereocenters. The number of pyridine rings is 1. The third-order valence-corrected chi connectivity index (χ3v) is 5.71. The number of anilines is 1. The SMILES string of the molecule is CC1=C(C(=O)Nc2ccc(C)cn2)[C@H](c2ccccc2)[C@H]2C(=O)C[C@H](C)CC2=N1. The number of rotatable bonds is 3. The summed E-state index contributed by atoms with van der Waals surface area (Å²) in [4.78, 5) is 35.4. The first-order valence-electron chi connectivity index (χ1n) is 10.0. The van der Waals surface area contributed by atoms with Crippen molar-refractivity contribution >= 4 is 23.2 Å². The van der Waals surface area contributed by atoms with Gasteiger partial charge in [-0.05, 0) is 43.4 Å². The number of benzene rings is 1. The first-order valence-corrected chi connectivity index (χ1v) is 10.0. The molecule has 4 rings (SSSR count). The number of aromatic nitrogens is 1. The number of ketones is 1. The van der Waals surface area contributed by atoms with E-state index in [0.717, 1.165) is 23.3 Å². The van der Waals surface area contributed by atoms with Crippen molar-refractivity contribution in [2.45, 2.75) is 39.5 Å². The summed E-state index contributed by atoms with van der Waals surface area (Å²) in [6.45, 7) is 5.89. The molecule has 2 heterocycles. The molecular weight excluding hydrogens is 362 g/mol. The Morgan fingerprint density at radius 2 is 1.79 bits per heavy atom. The normalized spacial score (nSPS) is 24.0. The van der Waals surface area contributed by atoms with E-state index in [1.54, 1.807) is 12.3 Å². The van der Waals surface area contributed by atoms with Crippen molar-refractivity contribution in [2.75, 3.05) is 5.32 Å². The molecular formula is C24H25N3O2. The van der Waals surface area contributed by atoms with Crippen LogP contribution in [0.25, 0.3) is 0 Å². The zero-order valence-electron chi connectivity index (χ0n) is 17.0. The molecule has 1 aromatic carbocycles. The summed E-state index contributed by atoms with van der Waals surface area (Å²) in [6, 6.07) is 13.5. The van der Waals surface area contributed by atoms with E-state index in [4.69, 9.17) is 4.99 Å². The van der Waals surface area contributed by atoms with Gasteiger partial charge < -0.3 is 5.32 Å². The van der Waals surface area contributed by atoms with Crippen molar-refractivity contribution in [1.82, 2.24) is 4.98 Å². The van der Waals surface area contributed by atoms with Gasteiger partial charge in [0.2, 0.25) is 0 Å². The van der Waals surface area contributed by atoms with E-state index in [2.05, 4.69) is 17.2 Å². The first kappa shape index (κ1) is 19.2. The van der Waals surface area contributed by atoms with Crippen molar-refractivity contribution in [2.24, 2.45) is 16.8 Å². The minimum Gasteiger partial charge on any atom is -0.307 e. The minimum absolute atomic E-state index is 0.169. The summed E-state index contributed by atoms with van der Waals surface area (Å²) in [7, 11) is 0. The Kier molecular flexibility index (Phi) is 5.14. The van der Waals surface area contributed by atoms with E-state index in [-0.39, 0.29) is 29.4 Å². The summed E-state index contributed by atoms with van der Waals surface area (Å²) < 4.78 is 0. The number of carbonyl (C=O) groups excluding carboxylic acids is 2. The lowest BCUT2D eigenvalue weighted by Crippen LogP contribution is -2.41. The highest BCUT2D eigenvalue weighted by Crippen LogP contribution is 2.43. The number of amides is 1. The Bertz CT molecular complexity index is 1010. The molecule has 5 nitrogen and oxygen atoms in total. The fraction of sp³-hybridized carbons (Fsp3) is 0.333. The van der Waals surface area contributed by atoms with Gasteiger partial charge in [0.05, 0.1) is 5.92 Å². The molecule has 1 fully saturated rings. The maximum absolute atomic E-state index is 13.3. The van der Waals surface area contributed by atoms with Gasteiger partial charge in [0.25, 0.3) is 5.91 Å². The van der Waals surface area contributed by atoms with Gasteiger partial charge in [-0.25, -0.2) is 4.98 Å². The number of fused-ring (bicyclic) bond motifs is 1. The highest BCUT2D eigenvalue weighted by Gasteiger charge is 2.44. The van der Waals surface area contributed by atoms with Crippen LogP contribution >= 0.6 is 0 Å². The van der Waals surface area contributed by atoms with Crippen LogP contribution in [0.1, 0.15) is 43.7 Å². The molecule has 1 N–H and O–H groups in total. The molecule has 2 aromatic rings. The number of hydrogen-bond acceptors (Lipinski definition) is 4. The van der Waals surface area contributed by atoms with Gasteiger partial charge in [0, 0.05) is 35.5 Å². The number of hydrogen-bond donors (Lipinski definition) is 1. The van der Waals surface area contributed by atoms with Crippen LogP contribution in [0.4, 0.5) is 5.82 Å². The highest BCUT2D eigenvalue weighted by atomic mass is 16.2. The van der Waals surface area contributed by atoms with Crippen LogP contribution in [0.2, 0.25) is 0 Å². The molecule has 1 amide bonds. The van der Waals surface area contributed by atoms with Gasteiger partial charge >= 0.3 is 0 Å². The Morgan fingerprint density at radius 1 is 1.03 bits per heavy atom. The number of carbonyl (C=O) groups is 2. The molecule has 0 radical (unpaired) electrons. The smallest absolute Gasteiger partial charge is 0.255 e. The van der Waals surface area contributed by atoms with Crippen molar-refractivity contribution in [1.29, 1.82) is 0 Å². The molecule has 2 aliphatic rings. The molecule has 0 saturated heterocycles. The summed E-state index contributed by atoms with van der Waals surface area (Å²) in [5.41, 5.74) is 4.13. The van der Waals surface area contributed by atoms with Gasteiger partial charge in [0.1, 0.15) is 11.6 Å². The first-order chi connectivity index (χ1) is 13.9. The molecule has 0 spiro atoms. The second-order valence-electron chi connectivity index (χ2n) is 8.12. The van der Waals surface area contributed by atoms with Crippen LogP contribution in [0.5, 0.6) is 0 Å². The van der Waals surface area contributed by atoms with Crippen LogP contribution in [0.15, 0.2) is 64.9 Å². The van der Waals surface area contributed by atoms with Gasteiger partial charge in [0.15, 0.2) is 0 Å². The molecule has 1 aliphatic heterocycles. The summed E-state index contributed by atoms with van der Waals surface area (Å²) in [5.74, 6) is 0.00246. The molecule has 0 bridgehead atoms. The number of aryl methyl sites for hydroxylation is 1. The molecule has 5 heteroatoms. The molecule has 1 aromatic heterocycles. The molecule has 148 valence electrons. The third-order valence-electron chi connectivity index (χ3n) is 5.71. The summed E-state index contributed by atoms with van der Waals surface area (Å²) in [6.07, 6.45) is 3.04. The molecule has 29 heavy (non-hydrogen) atoms. The zero-order valence-corrected chi connectivity index (χ0v) is 17.0. The number of allylic oxidation sites excluding steroid dienone is 1. The fourth-order valence-electron chi connectivity index (χ4n) is 4.42. The fourth-order valence-corrected chi connectivity index (χ4v) is 4.42. The van der Waals surface area contributed by atoms with Gasteiger partial charge in [-0.3, -0.25) is 14.6 Å². The van der Waals surface area contributed by atoms with Gasteiger partial charge in [-0.2, -0.15) is 0 Å². The van der Waals surface area contributed by atoms with Crippen molar-refractivity contribution in [3.05, 3.63) is 71.1 Å². The second-order valence-corrected chi connectivity index (χ2v) is 8.12. The Balaban J connectivity index is 1.77. The van der Waals surface area contributed by atoms with Crippen molar-refractivity contribution < 1.29 is 9.59 Å². The number of aliphatic imine (C=N–C) groups is 1. The van der Waals surface area contributed by atoms with E-state index in [1.165, 1.54) is 0 Å². The van der Waals surface area contributed by atoms with Crippen LogP contribution in [0, 0.1) is 18.8 Å². The zero-order chi connectivity index (χ0) is 20.5. The topological polar surface area (TPSA) is 71.4 Å². The van der Waals surface area contributed by atoms with Crippen LogP contribution in [0.3, 0.4) is 0 Å². The lowest BCUT2D eigenvalue weighted by molar-refractivity contribution is -0.123. The predicted octanol–water partition coefficient (Wildman–Crippen LogP) is 4.46. The average Bonchev–Trinajstić information content (AvgIpc) is 2.69. The lowest BCUT2D eigenvalue weighted by Gasteiger charge is -2.37. The van der Waals surface area contributed by atoms with E-state index < -0.39 is 0 Å². The van der Waals surface area contributed by atoms with E-state index >= 15 is 0 Å². The van der Waals surface area contributed by atoms with Gasteiger partial charge in [-0.1, -0.05) is 43.3 Å². The average molecular weight is 387 g/mol. The molecule has 1 saturated carbocycles. The maximum Gasteiger partial charge on any atom is 0.255 e. The van der Waals surface area contributed by atoms with Crippen LogP contribution in [-0.2, 0) is 9.59 Å². The number of nitrogens with zero attached hydrogens (tertiary/aromatic N) is 2. The quantitative estimate of drug-likeness (QED) is 0.845. The molecule has 0 unspecified atom stereocenters. The molecule has 1 aliphatic carbocycles. The standard InChI is InChI=1S/C24H25N3O2/c1-14-9-10-20(25-13-14)27-24(29)21-16(3)26-18-11-15(2)12-19(28)23(18)22(21)17-7-5-4-6-8-17/h4-10,13,15,22-23H,11-12H2,1-3H3,(H,25,27,29)/t15-,22+,23-/m1/s1. The Labute approximate surface area is 171 Å². The van der Waals surface area contributed by atoms with Crippen LogP contribution < -0.4 is 5.32 Å². The van der Waals surface area contributed by atoms with E-state index in [9.17, 15) is 9.59 Å². The van der Waals surface area contributed by atoms with E-state index in [0.29, 0.717) is 23.5 Å². The summed E-state index contributed by atoms with van der Waals surface area (Å²) in [5, 5.41) is 2.90. The minimum atomic E-state index is -0.371. The van der Waals surface area contributed by atoms with Crippen molar-refractivity contribution in [3.63, 3.8) is 0 Å². The third kappa shape index (κ3) is 3.77. The highest BCUT2D eigenvalue weighted by molar-refractivity contribution is 6.14. The van der Waals surface area contributed by atoms with Gasteiger partial charge in [-0.15, -0.1) is 0 Å². The monoisotopic (exact) mass is 387 g/mol. The Hall–Kier alpha value is -3.08. The van der Waals surface area contributed by atoms with Crippen LogP contribution in [-0.4, -0.2) is 22.4 Å². The number of Topliss-reactive ketones (excluding diaryl/α,β-unsaturated/α-hetero) is 1.